The number of nitrogens with two attached hydrogens (primary N) is 1. The van der Waals surface area contributed by atoms with Gasteiger partial charge in [-0.05, 0) is 32.1 Å². The molecule has 0 radical (unpaired) electrons. The summed E-state index contributed by atoms with van der Waals surface area (Å²) >= 11 is 0. The van der Waals surface area contributed by atoms with E-state index < -0.39 is 0 Å². The monoisotopic (exact) mass is 286 g/mol. The number of nitrogens with zero attached hydrogens (tertiary/aromatic N) is 1. The lowest BCUT2D eigenvalue weighted by Gasteiger charge is -2.33. The Bertz CT molecular complexity index is 276. The molecule has 1 rings (SSSR count). The molecule has 0 aromatic carbocycles. The van der Waals surface area contributed by atoms with Gasteiger partial charge in [0, 0.05) is 19.7 Å². The van der Waals surface area contributed by atoms with Crippen LogP contribution in [0.2, 0.25) is 0 Å². The lowest BCUT2D eigenvalue weighted by molar-refractivity contribution is -0.135. The van der Waals surface area contributed by atoms with Gasteiger partial charge < -0.3 is 20.1 Å². The van der Waals surface area contributed by atoms with Crippen LogP contribution in [0.3, 0.4) is 0 Å². The molecular weight excluding hydrogens is 256 g/mol. The Morgan fingerprint density at radius 1 is 1.30 bits per heavy atom. The van der Waals surface area contributed by atoms with Crippen molar-refractivity contribution in [2.75, 3.05) is 32.9 Å². The number of carbonyl (C=O) groups excluding carboxylic acids is 1. The molecule has 20 heavy (non-hydrogen) atoms. The fraction of sp³-hybridized carbons (Fsp3) is 0.933. The minimum Gasteiger partial charge on any atom is -0.379 e. The Balaban J connectivity index is 2.22. The summed E-state index contributed by atoms with van der Waals surface area (Å²) in [5, 5.41) is 0. The predicted octanol–water partition coefficient (Wildman–Crippen LogP) is 1.40. The average molecular weight is 286 g/mol. The Kier molecular flexibility index (Phi) is 8.11. The summed E-state index contributed by atoms with van der Waals surface area (Å²) in [6, 6.07) is -0.356. The first-order valence-corrected chi connectivity index (χ1v) is 7.78. The second kappa shape index (κ2) is 9.32. The number of carbonyl (C=O) groups is 1. The highest BCUT2D eigenvalue weighted by atomic mass is 16.5. The molecule has 5 heteroatoms. The zero-order valence-corrected chi connectivity index (χ0v) is 13.1. The molecule has 0 saturated carbocycles. The zero-order valence-electron chi connectivity index (χ0n) is 13.1. The van der Waals surface area contributed by atoms with Crippen molar-refractivity contribution in [1.29, 1.82) is 0 Å². The normalized spacial score (nSPS) is 18.6. The van der Waals surface area contributed by atoms with Gasteiger partial charge in [0.15, 0.2) is 0 Å². The summed E-state index contributed by atoms with van der Waals surface area (Å²) in [4.78, 5) is 14.1. The van der Waals surface area contributed by atoms with Crippen LogP contribution >= 0.6 is 0 Å². The second-order valence-electron chi connectivity index (χ2n) is 5.83. The minimum atomic E-state index is -0.356. The first-order chi connectivity index (χ1) is 9.54. The molecule has 0 spiro atoms. The van der Waals surface area contributed by atoms with Crippen LogP contribution in [0.5, 0.6) is 0 Å². The molecule has 1 fully saturated rings. The van der Waals surface area contributed by atoms with Crippen LogP contribution in [0.15, 0.2) is 0 Å². The van der Waals surface area contributed by atoms with E-state index in [4.69, 9.17) is 15.2 Å². The summed E-state index contributed by atoms with van der Waals surface area (Å²) in [7, 11) is 0. The van der Waals surface area contributed by atoms with Crippen molar-refractivity contribution in [3.8, 4) is 0 Å². The fourth-order valence-electron chi connectivity index (χ4n) is 2.50. The maximum absolute atomic E-state index is 12.2. The fourth-order valence-corrected chi connectivity index (χ4v) is 2.50. The predicted molar refractivity (Wildman–Crippen MR) is 79.5 cm³/mol. The molecule has 1 heterocycles. The standard InChI is InChI=1S/C15H30N2O3/c1-4-19-9-10-20-13-5-7-17(8-6-13)15(18)14(16)11-12(2)3/h12-14H,4-11,16H2,1-3H3. The van der Waals surface area contributed by atoms with Crippen molar-refractivity contribution in [2.45, 2.75) is 52.2 Å². The highest BCUT2D eigenvalue weighted by Crippen LogP contribution is 2.15. The molecular formula is C15H30N2O3. The van der Waals surface area contributed by atoms with E-state index in [2.05, 4.69) is 13.8 Å². The van der Waals surface area contributed by atoms with Crippen LogP contribution in [-0.2, 0) is 14.3 Å². The molecule has 1 atom stereocenters. The number of amides is 1. The molecule has 1 aliphatic rings. The van der Waals surface area contributed by atoms with Crippen molar-refractivity contribution in [2.24, 2.45) is 11.7 Å². The number of rotatable bonds is 8. The maximum Gasteiger partial charge on any atom is 0.239 e. The molecule has 1 saturated heterocycles. The highest BCUT2D eigenvalue weighted by molar-refractivity contribution is 5.81. The Labute approximate surface area is 122 Å². The van der Waals surface area contributed by atoms with Crippen LogP contribution in [0.1, 0.15) is 40.0 Å². The van der Waals surface area contributed by atoms with Gasteiger partial charge >= 0.3 is 0 Å². The largest absolute Gasteiger partial charge is 0.379 e. The van der Waals surface area contributed by atoms with E-state index in [0.29, 0.717) is 19.1 Å². The summed E-state index contributed by atoms with van der Waals surface area (Å²) in [6.45, 7) is 9.67. The van der Waals surface area contributed by atoms with Gasteiger partial charge in [0.05, 0.1) is 25.4 Å². The molecule has 0 aromatic rings. The number of likely N-dealkylation sites (tertiary alicyclic amines) is 1. The molecule has 2 N–H and O–H groups in total. The maximum atomic E-state index is 12.2. The van der Waals surface area contributed by atoms with Gasteiger partial charge in [0.25, 0.3) is 0 Å². The van der Waals surface area contributed by atoms with Crippen LogP contribution in [-0.4, -0.2) is 55.9 Å². The number of hydrogen-bond donors (Lipinski definition) is 1. The highest BCUT2D eigenvalue weighted by Gasteiger charge is 2.26. The smallest absolute Gasteiger partial charge is 0.239 e. The number of hydrogen-bond acceptors (Lipinski definition) is 4. The van der Waals surface area contributed by atoms with Crippen molar-refractivity contribution < 1.29 is 14.3 Å². The quantitative estimate of drug-likeness (QED) is 0.685. The topological polar surface area (TPSA) is 64.8 Å². The van der Waals surface area contributed by atoms with Gasteiger partial charge in [0.1, 0.15) is 0 Å². The first-order valence-electron chi connectivity index (χ1n) is 7.78. The van der Waals surface area contributed by atoms with Crippen molar-refractivity contribution in [3.63, 3.8) is 0 Å². The molecule has 0 aromatic heterocycles. The summed E-state index contributed by atoms with van der Waals surface area (Å²) < 4.78 is 11.0. The van der Waals surface area contributed by atoms with Gasteiger partial charge in [-0.15, -0.1) is 0 Å². The molecule has 0 aliphatic carbocycles. The Morgan fingerprint density at radius 2 is 1.95 bits per heavy atom. The lowest BCUT2D eigenvalue weighted by atomic mass is 10.0. The van der Waals surface area contributed by atoms with Gasteiger partial charge in [-0.25, -0.2) is 0 Å². The van der Waals surface area contributed by atoms with E-state index in [0.717, 1.165) is 39.0 Å². The second-order valence-corrected chi connectivity index (χ2v) is 5.83. The number of ether oxygens (including phenoxy) is 2. The van der Waals surface area contributed by atoms with Gasteiger partial charge in [-0.3, -0.25) is 4.79 Å². The van der Waals surface area contributed by atoms with E-state index in [9.17, 15) is 4.79 Å². The third-order valence-electron chi connectivity index (χ3n) is 3.58. The van der Waals surface area contributed by atoms with E-state index in [-0.39, 0.29) is 18.1 Å². The van der Waals surface area contributed by atoms with Gasteiger partial charge in [-0.2, -0.15) is 0 Å². The minimum absolute atomic E-state index is 0.0893. The Hall–Kier alpha value is -0.650. The number of piperidine rings is 1. The summed E-state index contributed by atoms with van der Waals surface area (Å²) in [5.74, 6) is 0.542. The molecule has 118 valence electrons. The van der Waals surface area contributed by atoms with Crippen LogP contribution < -0.4 is 5.73 Å². The lowest BCUT2D eigenvalue weighted by Crippen LogP contribution is -2.48. The molecule has 1 unspecified atom stereocenters. The van der Waals surface area contributed by atoms with E-state index in [1.807, 2.05) is 11.8 Å². The van der Waals surface area contributed by atoms with Crippen LogP contribution in [0.4, 0.5) is 0 Å². The summed E-state index contributed by atoms with van der Waals surface area (Å²) in [5.41, 5.74) is 5.96. The molecule has 1 aliphatic heterocycles. The third kappa shape index (κ3) is 6.20. The van der Waals surface area contributed by atoms with Gasteiger partial charge in [0.2, 0.25) is 5.91 Å². The molecule has 0 bridgehead atoms. The van der Waals surface area contributed by atoms with Gasteiger partial charge in [-0.1, -0.05) is 13.8 Å². The average Bonchev–Trinajstić information content (AvgIpc) is 2.43. The van der Waals surface area contributed by atoms with Crippen molar-refractivity contribution >= 4 is 5.91 Å². The van der Waals surface area contributed by atoms with E-state index in [1.165, 1.54) is 0 Å². The molecule has 1 amide bonds. The Morgan fingerprint density at radius 3 is 2.50 bits per heavy atom. The first kappa shape index (κ1) is 17.4. The van der Waals surface area contributed by atoms with E-state index in [1.54, 1.807) is 0 Å². The zero-order chi connectivity index (χ0) is 15.0. The van der Waals surface area contributed by atoms with Crippen molar-refractivity contribution in [3.05, 3.63) is 0 Å². The van der Waals surface area contributed by atoms with Crippen molar-refractivity contribution in [1.82, 2.24) is 4.90 Å². The molecule has 5 nitrogen and oxygen atoms in total. The van der Waals surface area contributed by atoms with Crippen LogP contribution in [0, 0.1) is 5.92 Å². The SMILES string of the molecule is CCOCCOC1CCN(C(=O)C(N)CC(C)C)CC1. The third-order valence-corrected chi connectivity index (χ3v) is 3.58. The van der Waals surface area contributed by atoms with Crippen LogP contribution in [0.25, 0.3) is 0 Å². The summed E-state index contributed by atoms with van der Waals surface area (Å²) in [6.07, 6.45) is 2.79. The van der Waals surface area contributed by atoms with E-state index >= 15 is 0 Å².